The fourth-order valence-corrected chi connectivity index (χ4v) is 3.99. The smallest absolute Gasteiger partial charge is 0.234 e. The minimum Gasteiger partial charge on any atom is -0.352 e. The van der Waals surface area contributed by atoms with Crippen LogP contribution in [-0.4, -0.2) is 42.5 Å². The molecule has 1 amide bonds. The third-order valence-corrected chi connectivity index (χ3v) is 5.13. The number of carbonyl (C=O) groups excluding carboxylic acids is 1. The van der Waals surface area contributed by atoms with Crippen molar-refractivity contribution in [1.82, 2.24) is 10.2 Å². The summed E-state index contributed by atoms with van der Waals surface area (Å²) in [6.45, 7) is 4.49. The van der Waals surface area contributed by atoms with Gasteiger partial charge in [0, 0.05) is 31.1 Å². The molecule has 22 heavy (non-hydrogen) atoms. The quantitative estimate of drug-likeness (QED) is 0.889. The minimum absolute atomic E-state index is 0.150. The average molecular weight is 301 g/mol. The molecule has 0 saturated carbocycles. The number of fused-ring (bicyclic) bond motifs is 1. The molecular weight excluding hydrogens is 274 g/mol. The van der Waals surface area contributed by atoms with Crippen LogP contribution in [0.1, 0.15) is 43.2 Å². The zero-order valence-corrected chi connectivity index (χ0v) is 13.4. The van der Waals surface area contributed by atoms with E-state index in [0.717, 1.165) is 38.8 Å². The number of benzene rings is 1. The van der Waals surface area contributed by atoms with Crippen molar-refractivity contribution in [1.29, 1.82) is 0 Å². The Morgan fingerprint density at radius 2 is 2.18 bits per heavy atom. The van der Waals surface area contributed by atoms with E-state index in [1.54, 1.807) is 0 Å². The molecular formula is C18H27N3O. The van der Waals surface area contributed by atoms with Crippen LogP contribution in [0.25, 0.3) is 0 Å². The number of likely N-dealkylation sites (tertiary alicyclic amines) is 1. The fourth-order valence-electron chi connectivity index (χ4n) is 3.99. The average Bonchev–Trinajstić information content (AvgIpc) is 2.92. The SMILES string of the molecule is CCC1c2ccccc2CCC1NC(=O)CN1CCC(N)C1. The van der Waals surface area contributed by atoms with Crippen molar-refractivity contribution in [2.75, 3.05) is 19.6 Å². The molecule has 3 unspecified atom stereocenters. The van der Waals surface area contributed by atoms with E-state index in [0.29, 0.717) is 12.5 Å². The van der Waals surface area contributed by atoms with Crippen LogP contribution < -0.4 is 11.1 Å². The van der Waals surface area contributed by atoms with Crippen LogP contribution in [0.4, 0.5) is 0 Å². The summed E-state index contributed by atoms with van der Waals surface area (Å²) < 4.78 is 0. The molecule has 0 bridgehead atoms. The molecule has 0 aromatic heterocycles. The van der Waals surface area contributed by atoms with Crippen molar-refractivity contribution in [2.24, 2.45) is 5.73 Å². The van der Waals surface area contributed by atoms with Crippen LogP contribution in [0, 0.1) is 0 Å². The number of carbonyl (C=O) groups is 1. The first-order valence-electron chi connectivity index (χ1n) is 8.52. The summed E-state index contributed by atoms with van der Waals surface area (Å²) in [5.74, 6) is 0.590. The van der Waals surface area contributed by atoms with Crippen LogP contribution in [-0.2, 0) is 11.2 Å². The number of hydrogen-bond acceptors (Lipinski definition) is 3. The van der Waals surface area contributed by atoms with Gasteiger partial charge in [-0.1, -0.05) is 31.2 Å². The zero-order valence-electron chi connectivity index (χ0n) is 13.4. The lowest BCUT2D eigenvalue weighted by molar-refractivity contribution is -0.123. The molecule has 120 valence electrons. The zero-order chi connectivity index (χ0) is 15.5. The molecule has 1 aromatic rings. The molecule has 1 heterocycles. The van der Waals surface area contributed by atoms with Gasteiger partial charge >= 0.3 is 0 Å². The topological polar surface area (TPSA) is 58.4 Å². The molecule has 3 N–H and O–H groups in total. The second-order valence-corrected chi connectivity index (χ2v) is 6.71. The Labute approximate surface area is 133 Å². The van der Waals surface area contributed by atoms with Gasteiger partial charge in [0.25, 0.3) is 0 Å². The molecule has 3 atom stereocenters. The lowest BCUT2D eigenvalue weighted by atomic mass is 9.78. The van der Waals surface area contributed by atoms with Crippen molar-refractivity contribution < 1.29 is 4.79 Å². The van der Waals surface area contributed by atoms with Gasteiger partial charge in [-0.3, -0.25) is 9.69 Å². The predicted octanol–water partition coefficient (Wildman–Crippen LogP) is 1.64. The van der Waals surface area contributed by atoms with Gasteiger partial charge in [0.2, 0.25) is 5.91 Å². The van der Waals surface area contributed by atoms with E-state index in [9.17, 15) is 4.79 Å². The Morgan fingerprint density at radius 3 is 2.91 bits per heavy atom. The predicted molar refractivity (Wildman–Crippen MR) is 88.8 cm³/mol. The molecule has 1 saturated heterocycles. The number of amides is 1. The van der Waals surface area contributed by atoms with Crippen LogP contribution >= 0.6 is 0 Å². The van der Waals surface area contributed by atoms with E-state index in [2.05, 4.69) is 41.4 Å². The van der Waals surface area contributed by atoms with E-state index >= 15 is 0 Å². The summed E-state index contributed by atoms with van der Waals surface area (Å²) in [7, 11) is 0. The minimum atomic E-state index is 0.150. The van der Waals surface area contributed by atoms with Crippen molar-refractivity contribution >= 4 is 5.91 Å². The Hall–Kier alpha value is -1.39. The van der Waals surface area contributed by atoms with Gasteiger partial charge in [0.15, 0.2) is 0 Å². The molecule has 1 aliphatic carbocycles. The maximum absolute atomic E-state index is 12.4. The van der Waals surface area contributed by atoms with Gasteiger partial charge in [-0.2, -0.15) is 0 Å². The van der Waals surface area contributed by atoms with E-state index in [1.165, 1.54) is 11.1 Å². The first-order valence-corrected chi connectivity index (χ1v) is 8.52. The van der Waals surface area contributed by atoms with E-state index in [4.69, 9.17) is 5.73 Å². The number of nitrogens with two attached hydrogens (primary N) is 1. The largest absolute Gasteiger partial charge is 0.352 e. The van der Waals surface area contributed by atoms with Crippen molar-refractivity contribution in [3.05, 3.63) is 35.4 Å². The van der Waals surface area contributed by atoms with E-state index in [1.807, 2.05) is 0 Å². The van der Waals surface area contributed by atoms with Crippen molar-refractivity contribution in [3.63, 3.8) is 0 Å². The van der Waals surface area contributed by atoms with Gasteiger partial charge in [-0.25, -0.2) is 0 Å². The summed E-state index contributed by atoms with van der Waals surface area (Å²) in [6, 6.07) is 9.17. The second kappa shape index (κ2) is 6.80. The maximum Gasteiger partial charge on any atom is 0.234 e. The highest BCUT2D eigenvalue weighted by Gasteiger charge is 2.30. The number of hydrogen-bond donors (Lipinski definition) is 2. The lowest BCUT2D eigenvalue weighted by Crippen LogP contribution is -2.46. The van der Waals surface area contributed by atoms with Crippen molar-refractivity contribution in [3.8, 4) is 0 Å². The van der Waals surface area contributed by atoms with Crippen LogP contribution in [0.2, 0.25) is 0 Å². The van der Waals surface area contributed by atoms with Crippen LogP contribution in [0.15, 0.2) is 24.3 Å². The van der Waals surface area contributed by atoms with Crippen molar-refractivity contribution in [2.45, 2.75) is 50.6 Å². The molecule has 3 rings (SSSR count). The molecule has 0 radical (unpaired) electrons. The summed E-state index contributed by atoms with van der Waals surface area (Å²) in [5, 5.41) is 3.28. The van der Waals surface area contributed by atoms with E-state index in [-0.39, 0.29) is 18.0 Å². The van der Waals surface area contributed by atoms with Crippen LogP contribution in [0.5, 0.6) is 0 Å². The number of nitrogens with zero attached hydrogens (tertiary/aromatic N) is 1. The normalized spacial score (nSPS) is 28.4. The van der Waals surface area contributed by atoms with Gasteiger partial charge in [-0.15, -0.1) is 0 Å². The molecule has 1 aliphatic heterocycles. The van der Waals surface area contributed by atoms with Gasteiger partial charge < -0.3 is 11.1 Å². The first-order chi connectivity index (χ1) is 10.7. The fraction of sp³-hybridized carbons (Fsp3) is 0.611. The third kappa shape index (κ3) is 3.33. The molecule has 2 aliphatic rings. The highest BCUT2D eigenvalue weighted by Crippen LogP contribution is 2.34. The Bertz CT molecular complexity index is 531. The van der Waals surface area contributed by atoms with Gasteiger partial charge in [-0.05, 0) is 36.8 Å². The molecule has 1 fully saturated rings. The summed E-state index contributed by atoms with van der Waals surface area (Å²) in [5.41, 5.74) is 8.78. The third-order valence-electron chi connectivity index (χ3n) is 5.13. The highest BCUT2D eigenvalue weighted by molar-refractivity contribution is 5.78. The van der Waals surface area contributed by atoms with Crippen LogP contribution in [0.3, 0.4) is 0 Å². The highest BCUT2D eigenvalue weighted by atomic mass is 16.2. The molecule has 4 nitrogen and oxygen atoms in total. The number of aryl methyl sites for hydroxylation is 1. The van der Waals surface area contributed by atoms with E-state index < -0.39 is 0 Å². The molecule has 0 spiro atoms. The number of nitrogens with one attached hydrogen (secondary N) is 1. The number of rotatable bonds is 4. The summed E-state index contributed by atoms with van der Waals surface area (Å²) >= 11 is 0. The molecule has 1 aromatic carbocycles. The standard InChI is InChI=1S/C18H27N3O/c1-2-15-16-6-4-3-5-13(16)7-8-17(15)20-18(22)12-21-10-9-14(19)11-21/h3-6,14-15,17H,2,7-12,19H2,1H3,(H,20,22). The van der Waals surface area contributed by atoms with Gasteiger partial charge in [0.1, 0.15) is 0 Å². The Morgan fingerprint density at radius 1 is 1.36 bits per heavy atom. The van der Waals surface area contributed by atoms with Gasteiger partial charge in [0.05, 0.1) is 6.54 Å². The summed E-state index contributed by atoms with van der Waals surface area (Å²) in [4.78, 5) is 14.5. The maximum atomic E-state index is 12.4. The lowest BCUT2D eigenvalue weighted by Gasteiger charge is -2.34. The Balaban J connectivity index is 1.61. The Kier molecular flexibility index (Phi) is 4.79. The summed E-state index contributed by atoms with van der Waals surface area (Å²) in [6.07, 6.45) is 4.17. The molecule has 4 heteroatoms. The first kappa shape index (κ1) is 15.5. The second-order valence-electron chi connectivity index (χ2n) is 6.71. The monoisotopic (exact) mass is 301 g/mol.